The summed E-state index contributed by atoms with van der Waals surface area (Å²) < 4.78 is 1.83. The second-order valence-electron chi connectivity index (χ2n) is 7.51. The molecule has 0 spiro atoms. The van der Waals surface area contributed by atoms with Crippen molar-refractivity contribution in [1.29, 1.82) is 0 Å². The normalized spacial score (nSPS) is 13.5. The van der Waals surface area contributed by atoms with Crippen LogP contribution in [0.5, 0.6) is 0 Å². The summed E-state index contributed by atoms with van der Waals surface area (Å²) in [4.78, 5) is 32.5. The van der Waals surface area contributed by atoms with Crippen LogP contribution < -0.4 is 5.32 Å². The lowest BCUT2D eigenvalue weighted by atomic mass is 10.1. The SMILES string of the molecule is CN=C(NCCN1C(=O)c2ccccc2C1=O)N(C)Cc1cn(C)nc1C(C)C.I. The molecule has 0 fully saturated rings. The third-order valence-corrected chi connectivity index (χ3v) is 4.96. The van der Waals surface area contributed by atoms with E-state index >= 15 is 0 Å². The number of aromatic nitrogens is 2. The number of fused-ring (bicyclic) bond motifs is 1. The minimum atomic E-state index is -0.243. The van der Waals surface area contributed by atoms with E-state index in [2.05, 4.69) is 29.3 Å². The van der Waals surface area contributed by atoms with Gasteiger partial charge in [-0.1, -0.05) is 26.0 Å². The zero-order valence-electron chi connectivity index (χ0n) is 18.0. The first-order chi connectivity index (χ1) is 13.8. The van der Waals surface area contributed by atoms with Gasteiger partial charge in [0.2, 0.25) is 0 Å². The van der Waals surface area contributed by atoms with Crippen LogP contribution in [0.2, 0.25) is 0 Å². The van der Waals surface area contributed by atoms with Gasteiger partial charge in [0.15, 0.2) is 5.96 Å². The molecule has 2 aromatic rings. The molecule has 2 heterocycles. The number of hydrogen-bond acceptors (Lipinski definition) is 4. The first-order valence-corrected chi connectivity index (χ1v) is 9.73. The lowest BCUT2D eigenvalue weighted by Crippen LogP contribution is -2.43. The summed E-state index contributed by atoms with van der Waals surface area (Å²) in [5.74, 6) is 0.545. The Labute approximate surface area is 194 Å². The number of carbonyl (C=O) groups excluding carboxylic acids is 2. The summed E-state index contributed by atoms with van der Waals surface area (Å²) in [7, 11) is 5.59. The number of aryl methyl sites for hydroxylation is 1. The highest BCUT2D eigenvalue weighted by Crippen LogP contribution is 2.22. The van der Waals surface area contributed by atoms with Crippen molar-refractivity contribution in [2.24, 2.45) is 12.0 Å². The minimum absolute atomic E-state index is 0. The minimum Gasteiger partial charge on any atom is -0.354 e. The quantitative estimate of drug-likeness (QED) is 0.272. The number of halogens is 1. The van der Waals surface area contributed by atoms with Crippen molar-refractivity contribution >= 4 is 41.8 Å². The van der Waals surface area contributed by atoms with Gasteiger partial charge in [-0.25, -0.2) is 0 Å². The summed E-state index contributed by atoms with van der Waals surface area (Å²) in [6, 6.07) is 6.92. The van der Waals surface area contributed by atoms with Crippen LogP contribution in [0, 0.1) is 0 Å². The van der Waals surface area contributed by atoms with Gasteiger partial charge in [-0.15, -0.1) is 24.0 Å². The molecule has 0 radical (unpaired) electrons. The maximum absolute atomic E-state index is 12.5. The zero-order valence-corrected chi connectivity index (χ0v) is 20.4. The molecule has 0 saturated heterocycles. The Balaban J connectivity index is 0.00000320. The van der Waals surface area contributed by atoms with E-state index in [0.29, 0.717) is 36.1 Å². The molecular weight excluding hydrogens is 495 g/mol. The van der Waals surface area contributed by atoms with E-state index < -0.39 is 0 Å². The maximum atomic E-state index is 12.5. The predicted molar refractivity (Wildman–Crippen MR) is 127 cm³/mol. The van der Waals surface area contributed by atoms with Crippen molar-refractivity contribution in [2.45, 2.75) is 26.3 Å². The fraction of sp³-hybridized carbons (Fsp3) is 0.429. The Hall–Kier alpha value is -2.43. The molecule has 1 aliphatic heterocycles. The molecule has 1 aromatic heterocycles. The van der Waals surface area contributed by atoms with Gasteiger partial charge in [-0.05, 0) is 18.1 Å². The summed E-state index contributed by atoms with van der Waals surface area (Å²) in [5.41, 5.74) is 3.16. The van der Waals surface area contributed by atoms with Crippen LogP contribution in [-0.2, 0) is 13.6 Å². The Kier molecular flexibility index (Phi) is 7.99. The second kappa shape index (κ2) is 10.1. The molecule has 0 saturated carbocycles. The van der Waals surface area contributed by atoms with Crippen molar-refractivity contribution in [3.8, 4) is 0 Å². The summed E-state index contributed by atoms with van der Waals surface area (Å²) in [6.45, 7) is 5.62. The molecule has 0 atom stereocenters. The van der Waals surface area contributed by atoms with E-state index in [1.54, 1.807) is 31.3 Å². The molecule has 8 nitrogen and oxygen atoms in total. The smallest absolute Gasteiger partial charge is 0.261 e. The van der Waals surface area contributed by atoms with Crippen LogP contribution in [0.1, 0.15) is 51.7 Å². The largest absolute Gasteiger partial charge is 0.354 e. The lowest BCUT2D eigenvalue weighted by Gasteiger charge is -2.23. The average molecular weight is 524 g/mol. The van der Waals surface area contributed by atoms with E-state index in [1.165, 1.54) is 4.90 Å². The number of hydrogen-bond donors (Lipinski definition) is 1. The van der Waals surface area contributed by atoms with Crippen molar-refractivity contribution < 1.29 is 9.59 Å². The van der Waals surface area contributed by atoms with Gasteiger partial charge in [0.05, 0.1) is 16.8 Å². The molecule has 1 aromatic carbocycles. The lowest BCUT2D eigenvalue weighted by molar-refractivity contribution is 0.0657. The number of carbonyl (C=O) groups is 2. The zero-order chi connectivity index (χ0) is 21.1. The van der Waals surface area contributed by atoms with Gasteiger partial charge in [0.25, 0.3) is 11.8 Å². The molecule has 2 amide bonds. The van der Waals surface area contributed by atoms with Gasteiger partial charge in [-0.3, -0.25) is 24.2 Å². The number of imide groups is 1. The van der Waals surface area contributed by atoms with E-state index in [9.17, 15) is 9.59 Å². The van der Waals surface area contributed by atoms with Crippen LogP contribution in [-0.4, -0.2) is 64.5 Å². The highest BCUT2D eigenvalue weighted by atomic mass is 127. The molecule has 0 unspecified atom stereocenters. The second-order valence-corrected chi connectivity index (χ2v) is 7.51. The van der Waals surface area contributed by atoms with Gasteiger partial charge < -0.3 is 10.2 Å². The average Bonchev–Trinajstić information content (AvgIpc) is 3.17. The molecule has 162 valence electrons. The Morgan fingerprint density at radius 1 is 1.20 bits per heavy atom. The number of nitrogens with one attached hydrogen (secondary N) is 1. The van der Waals surface area contributed by atoms with Crippen LogP contribution in [0.4, 0.5) is 0 Å². The third-order valence-electron chi connectivity index (χ3n) is 4.96. The Bertz CT molecular complexity index is 918. The monoisotopic (exact) mass is 524 g/mol. The van der Waals surface area contributed by atoms with Crippen molar-refractivity contribution in [3.05, 3.63) is 52.8 Å². The number of amides is 2. The molecule has 0 aliphatic carbocycles. The van der Waals surface area contributed by atoms with Crippen molar-refractivity contribution in [1.82, 2.24) is 24.9 Å². The Morgan fingerprint density at radius 2 is 1.80 bits per heavy atom. The number of benzene rings is 1. The molecule has 9 heteroatoms. The Morgan fingerprint density at radius 3 is 2.33 bits per heavy atom. The maximum Gasteiger partial charge on any atom is 0.261 e. The highest BCUT2D eigenvalue weighted by molar-refractivity contribution is 14.0. The predicted octanol–water partition coefficient (Wildman–Crippen LogP) is 2.46. The number of nitrogens with zero attached hydrogens (tertiary/aromatic N) is 5. The fourth-order valence-corrected chi connectivity index (χ4v) is 3.60. The topological polar surface area (TPSA) is 82.8 Å². The van der Waals surface area contributed by atoms with Crippen LogP contribution >= 0.6 is 24.0 Å². The molecule has 3 rings (SSSR count). The van der Waals surface area contributed by atoms with Gasteiger partial charge >= 0.3 is 0 Å². The highest BCUT2D eigenvalue weighted by Gasteiger charge is 2.34. The van der Waals surface area contributed by atoms with Crippen molar-refractivity contribution in [3.63, 3.8) is 0 Å². The van der Waals surface area contributed by atoms with E-state index in [-0.39, 0.29) is 42.3 Å². The standard InChI is InChI=1S/C21H28N6O2.HI/c1-14(2)18-15(13-26(5)24-18)12-25(4)21(22-3)23-10-11-27-19(28)16-8-6-7-9-17(16)20(27)29;/h6-9,13-14H,10-12H2,1-5H3,(H,22,23);1H. The van der Waals surface area contributed by atoms with Crippen LogP contribution in [0.25, 0.3) is 0 Å². The van der Waals surface area contributed by atoms with E-state index in [4.69, 9.17) is 0 Å². The number of guanidine groups is 1. The first-order valence-electron chi connectivity index (χ1n) is 9.73. The molecule has 0 bridgehead atoms. The van der Waals surface area contributed by atoms with Crippen LogP contribution in [0.3, 0.4) is 0 Å². The molecular formula is C21H29IN6O2. The third kappa shape index (κ3) is 4.82. The van der Waals surface area contributed by atoms with E-state index in [1.807, 2.05) is 29.9 Å². The number of aliphatic imine (C=N–C) groups is 1. The number of rotatable bonds is 6. The molecule has 1 N–H and O–H groups in total. The van der Waals surface area contributed by atoms with Gasteiger partial charge in [0, 0.05) is 52.5 Å². The first kappa shape index (κ1) is 23.8. The molecule has 30 heavy (non-hydrogen) atoms. The summed E-state index contributed by atoms with van der Waals surface area (Å²) in [5, 5.41) is 7.79. The van der Waals surface area contributed by atoms with Gasteiger partial charge in [-0.2, -0.15) is 5.10 Å². The summed E-state index contributed by atoms with van der Waals surface area (Å²) in [6.07, 6.45) is 2.03. The van der Waals surface area contributed by atoms with Crippen LogP contribution in [0.15, 0.2) is 35.5 Å². The fourth-order valence-electron chi connectivity index (χ4n) is 3.60. The van der Waals surface area contributed by atoms with Crippen molar-refractivity contribution in [2.75, 3.05) is 27.2 Å². The van der Waals surface area contributed by atoms with E-state index in [0.717, 1.165) is 11.3 Å². The summed E-state index contributed by atoms with van der Waals surface area (Å²) >= 11 is 0. The molecule has 1 aliphatic rings. The van der Waals surface area contributed by atoms with Gasteiger partial charge in [0.1, 0.15) is 0 Å².